The Morgan fingerprint density at radius 2 is 1.79 bits per heavy atom. The van der Waals surface area contributed by atoms with Gasteiger partial charge < -0.3 is 5.32 Å². The van der Waals surface area contributed by atoms with Crippen LogP contribution in [0.15, 0.2) is 0 Å². The van der Waals surface area contributed by atoms with Crippen molar-refractivity contribution in [1.82, 2.24) is 5.32 Å². The van der Waals surface area contributed by atoms with Gasteiger partial charge in [0.2, 0.25) is 0 Å². The van der Waals surface area contributed by atoms with Crippen molar-refractivity contribution in [3.63, 3.8) is 0 Å². The van der Waals surface area contributed by atoms with Crippen LogP contribution in [0.3, 0.4) is 0 Å². The summed E-state index contributed by atoms with van der Waals surface area (Å²) in [5.74, 6) is 0. The smallest absolute Gasteiger partial charge is 0.314 e. The molecule has 1 unspecified atom stereocenters. The molecule has 0 heterocycles. The summed E-state index contributed by atoms with van der Waals surface area (Å²) in [4.78, 5) is 0. The van der Waals surface area contributed by atoms with Gasteiger partial charge in [-0.3, -0.25) is 0 Å². The summed E-state index contributed by atoms with van der Waals surface area (Å²) in [6.07, 6.45) is -1.44. The van der Waals surface area contributed by atoms with Gasteiger partial charge in [0.25, 0.3) is 0 Å². The highest BCUT2D eigenvalue weighted by Gasteiger charge is 2.31. The van der Waals surface area contributed by atoms with Crippen molar-refractivity contribution in [2.24, 2.45) is 0 Å². The highest BCUT2D eigenvalue weighted by molar-refractivity contribution is 4.70. The third-order valence-electron chi connectivity index (χ3n) is 2.07. The second kappa shape index (κ2) is 7.10. The van der Waals surface area contributed by atoms with Crippen molar-refractivity contribution in [3.05, 3.63) is 0 Å². The van der Waals surface area contributed by atoms with Crippen LogP contribution in [-0.4, -0.2) is 18.8 Å². The Balaban J connectivity index is 3.84. The SMILES string of the molecule is CCCCC(CC(F)(F)F)NCCC. The molecular formula is C10H20F3N. The molecule has 0 bridgehead atoms. The number of hydrogen-bond acceptors (Lipinski definition) is 1. The van der Waals surface area contributed by atoms with Gasteiger partial charge in [-0.15, -0.1) is 0 Å². The summed E-state index contributed by atoms with van der Waals surface area (Å²) in [7, 11) is 0. The number of hydrogen-bond donors (Lipinski definition) is 1. The Morgan fingerprint density at radius 3 is 2.21 bits per heavy atom. The number of alkyl halides is 3. The average Bonchev–Trinajstić information content (AvgIpc) is 2.07. The summed E-state index contributed by atoms with van der Waals surface area (Å²) in [6.45, 7) is 4.62. The molecule has 86 valence electrons. The summed E-state index contributed by atoms with van der Waals surface area (Å²) in [5, 5.41) is 2.94. The Bertz CT molecular complexity index is 126. The van der Waals surface area contributed by atoms with E-state index in [0.29, 0.717) is 13.0 Å². The lowest BCUT2D eigenvalue weighted by atomic mass is 10.1. The first-order chi connectivity index (χ1) is 6.49. The zero-order valence-electron chi connectivity index (χ0n) is 8.95. The molecule has 0 fully saturated rings. The summed E-state index contributed by atoms with van der Waals surface area (Å²) in [5.41, 5.74) is 0. The molecule has 0 amide bonds. The molecule has 1 N–H and O–H groups in total. The molecule has 0 aliphatic carbocycles. The molecule has 0 radical (unpaired) electrons. The van der Waals surface area contributed by atoms with Crippen LogP contribution < -0.4 is 5.32 Å². The maximum Gasteiger partial charge on any atom is 0.390 e. The fourth-order valence-corrected chi connectivity index (χ4v) is 1.35. The largest absolute Gasteiger partial charge is 0.390 e. The van der Waals surface area contributed by atoms with Crippen molar-refractivity contribution in [2.75, 3.05) is 6.54 Å². The van der Waals surface area contributed by atoms with Gasteiger partial charge in [-0.1, -0.05) is 26.7 Å². The van der Waals surface area contributed by atoms with Crippen molar-refractivity contribution < 1.29 is 13.2 Å². The van der Waals surface area contributed by atoms with E-state index in [-0.39, 0.29) is 0 Å². The summed E-state index contributed by atoms with van der Waals surface area (Å²) < 4.78 is 36.4. The molecule has 0 rings (SSSR count). The van der Waals surface area contributed by atoms with Gasteiger partial charge in [0, 0.05) is 6.04 Å². The minimum atomic E-state index is -4.04. The number of unbranched alkanes of at least 4 members (excludes halogenated alkanes) is 1. The minimum absolute atomic E-state index is 0.394. The molecule has 1 atom stereocenters. The van der Waals surface area contributed by atoms with E-state index in [1.165, 1.54) is 0 Å². The third-order valence-corrected chi connectivity index (χ3v) is 2.07. The number of rotatable bonds is 7. The molecule has 0 aromatic heterocycles. The lowest BCUT2D eigenvalue weighted by Crippen LogP contribution is -2.34. The quantitative estimate of drug-likeness (QED) is 0.679. The fraction of sp³-hybridized carbons (Fsp3) is 1.00. The number of halogens is 3. The van der Waals surface area contributed by atoms with E-state index in [0.717, 1.165) is 19.3 Å². The molecule has 4 heteroatoms. The molecule has 0 aliphatic rings. The van der Waals surface area contributed by atoms with Gasteiger partial charge in [0.15, 0.2) is 0 Å². The summed E-state index contributed by atoms with van der Waals surface area (Å²) in [6, 6.07) is -0.394. The molecule has 0 spiro atoms. The maximum absolute atomic E-state index is 12.1. The van der Waals surface area contributed by atoms with Crippen LogP contribution in [0, 0.1) is 0 Å². The molecule has 0 saturated carbocycles. The molecule has 0 saturated heterocycles. The zero-order valence-corrected chi connectivity index (χ0v) is 8.95. The molecular weight excluding hydrogens is 191 g/mol. The van der Waals surface area contributed by atoms with Crippen molar-refractivity contribution >= 4 is 0 Å². The first kappa shape index (κ1) is 13.8. The molecule has 1 nitrogen and oxygen atoms in total. The van der Waals surface area contributed by atoms with Crippen molar-refractivity contribution in [3.8, 4) is 0 Å². The molecule has 0 aromatic rings. The van der Waals surface area contributed by atoms with Crippen LogP contribution in [0.5, 0.6) is 0 Å². The van der Waals surface area contributed by atoms with Gasteiger partial charge in [-0.05, 0) is 19.4 Å². The Kier molecular flexibility index (Phi) is 6.97. The Hall–Kier alpha value is -0.250. The predicted molar refractivity (Wildman–Crippen MR) is 52.3 cm³/mol. The van der Waals surface area contributed by atoms with E-state index >= 15 is 0 Å². The Morgan fingerprint density at radius 1 is 1.14 bits per heavy atom. The van der Waals surface area contributed by atoms with Gasteiger partial charge in [-0.2, -0.15) is 13.2 Å². The van der Waals surface area contributed by atoms with Gasteiger partial charge in [-0.25, -0.2) is 0 Å². The van der Waals surface area contributed by atoms with Gasteiger partial charge in [0.1, 0.15) is 0 Å². The van der Waals surface area contributed by atoms with E-state index in [4.69, 9.17) is 0 Å². The van der Waals surface area contributed by atoms with Crippen molar-refractivity contribution in [1.29, 1.82) is 0 Å². The highest BCUT2D eigenvalue weighted by atomic mass is 19.4. The van der Waals surface area contributed by atoms with Gasteiger partial charge >= 0.3 is 6.18 Å². The van der Waals surface area contributed by atoms with Crippen LogP contribution in [-0.2, 0) is 0 Å². The van der Waals surface area contributed by atoms with E-state index < -0.39 is 18.6 Å². The fourth-order valence-electron chi connectivity index (χ4n) is 1.35. The van der Waals surface area contributed by atoms with E-state index in [1.807, 2.05) is 13.8 Å². The van der Waals surface area contributed by atoms with Gasteiger partial charge in [0.05, 0.1) is 6.42 Å². The zero-order chi connectivity index (χ0) is 11.0. The van der Waals surface area contributed by atoms with E-state index in [2.05, 4.69) is 5.32 Å². The van der Waals surface area contributed by atoms with E-state index in [9.17, 15) is 13.2 Å². The third kappa shape index (κ3) is 8.35. The van der Waals surface area contributed by atoms with Crippen LogP contribution in [0.4, 0.5) is 13.2 Å². The lowest BCUT2D eigenvalue weighted by molar-refractivity contribution is -0.140. The molecule has 14 heavy (non-hydrogen) atoms. The maximum atomic E-state index is 12.1. The minimum Gasteiger partial charge on any atom is -0.314 e. The van der Waals surface area contributed by atoms with Crippen LogP contribution in [0.25, 0.3) is 0 Å². The number of nitrogens with one attached hydrogen (secondary N) is 1. The molecule has 0 aliphatic heterocycles. The average molecular weight is 211 g/mol. The monoisotopic (exact) mass is 211 g/mol. The van der Waals surface area contributed by atoms with Crippen LogP contribution in [0.1, 0.15) is 46.0 Å². The second-order valence-corrected chi connectivity index (χ2v) is 3.61. The predicted octanol–water partition coefficient (Wildman–Crippen LogP) is 3.50. The van der Waals surface area contributed by atoms with Crippen LogP contribution in [0.2, 0.25) is 0 Å². The van der Waals surface area contributed by atoms with Crippen molar-refractivity contribution in [2.45, 2.75) is 58.2 Å². The molecule has 0 aromatic carbocycles. The van der Waals surface area contributed by atoms with E-state index in [1.54, 1.807) is 0 Å². The highest BCUT2D eigenvalue weighted by Crippen LogP contribution is 2.23. The topological polar surface area (TPSA) is 12.0 Å². The Labute approximate surface area is 84.1 Å². The van der Waals surface area contributed by atoms with Crippen LogP contribution >= 0.6 is 0 Å². The first-order valence-electron chi connectivity index (χ1n) is 5.29. The lowest BCUT2D eigenvalue weighted by Gasteiger charge is -2.19. The standard InChI is InChI=1S/C10H20F3N/c1-3-5-6-9(14-7-4-2)8-10(11,12)13/h9,14H,3-8H2,1-2H3. The first-order valence-corrected chi connectivity index (χ1v) is 5.29. The normalized spacial score (nSPS) is 14.4. The summed E-state index contributed by atoms with van der Waals surface area (Å²) >= 11 is 0. The second-order valence-electron chi connectivity index (χ2n) is 3.61.